The lowest BCUT2D eigenvalue weighted by Crippen LogP contribution is -2.16. The van der Waals surface area contributed by atoms with Gasteiger partial charge in [0.15, 0.2) is 5.82 Å². The lowest BCUT2D eigenvalue weighted by atomic mass is 10.2. The van der Waals surface area contributed by atoms with Gasteiger partial charge in [-0.15, -0.1) is 0 Å². The minimum atomic E-state index is -0.388. The van der Waals surface area contributed by atoms with Crippen LogP contribution in [0.4, 0.5) is 10.2 Å². The van der Waals surface area contributed by atoms with E-state index in [-0.39, 0.29) is 18.1 Å². The summed E-state index contributed by atoms with van der Waals surface area (Å²) in [6.45, 7) is 4.49. The van der Waals surface area contributed by atoms with Gasteiger partial charge in [0.1, 0.15) is 5.82 Å². The van der Waals surface area contributed by atoms with E-state index in [1.165, 1.54) is 12.1 Å². The predicted octanol–water partition coefficient (Wildman–Crippen LogP) is 4.22. The zero-order valence-corrected chi connectivity index (χ0v) is 16.4. The van der Waals surface area contributed by atoms with Gasteiger partial charge in [-0.25, -0.2) is 4.39 Å². The Morgan fingerprint density at radius 2 is 2.00 bits per heavy atom. The smallest absolute Gasteiger partial charge is 0.227 e. The van der Waals surface area contributed by atoms with Gasteiger partial charge < -0.3 is 5.32 Å². The van der Waals surface area contributed by atoms with E-state index in [0.717, 1.165) is 17.0 Å². The molecule has 2 aromatic heterocycles. The number of hydrogen-bond acceptors (Lipinski definition) is 3. The molecule has 0 fully saturated rings. The number of benzene rings is 1. The highest BCUT2D eigenvalue weighted by Crippen LogP contribution is 2.20. The van der Waals surface area contributed by atoms with Gasteiger partial charge in [0.05, 0.1) is 29.5 Å². The Morgan fingerprint density at radius 1 is 1.22 bits per heavy atom. The summed E-state index contributed by atoms with van der Waals surface area (Å²) in [7, 11) is 0. The Balaban J connectivity index is 1.56. The van der Waals surface area contributed by atoms with Crippen molar-refractivity contribution in [1.29, 1.82) is 0 Å². The minimum Gasteiger partial charge on any atom is -0.309 e. The van der Waals surface area contributed by atoms with Gasteiger partial charge in [-0.1, -0.05) is 29.3 Å². The molecule has 3 aromatic rings. The van der Waals surface area contributed by atoms with E-state index in [0.29, 0.717) is 29.0 Å². The van der Waals surface area contributed by atoms with E-state index in [9.17, 15) is 9.18 Å². The fourth-order valence-corrected chi connectivity index (χ4v) is 3.01. The summed E-state index contributed by atoms with van der Waals surface area (Å²) in [5, 5.41) is 12.3. The van der Waals surface area contributed by atoms with Gasteiger partial charge in [0, 0.05) is 23.7 Å². The van der Waals surface area contributed by atoms with Crippen LogP contribution in [0.25, 0.3) is 0 Å². The van der Waals surface area contributed by atoms with E-state index >= 15 is 0 Å². The average molecular weight is 410 g/mol. The number of nitrogens with one attached hydrogen (secondary N) is 1. The standard InChI is InChI=1S/C18H18Cl2FN5O/c1-11-18(20)12(2)26(23-11)8-6-17(27)22-16-5-7-25(24-16)10-13-3-4-14(21)9-15(13)19/h3-5,7,9H,6,8,10H2,1-2H3,(H,22,24,27). The quantitative estimate of drug-likeness (QED) is 0.662. The Labute approximate surface area is 165 Å². The van der Waals surface area contributed by atoms with Crippen LogP contribution < -0.4 is 5.32 Å². The molecule has 0 saturated heterocycles. The van der Waals surface area contributed by atoms with Crippen LogP contribution in [0.2, 0.25) is 10.0 Å². The molecule has 0 aliphatic carbocycles. The number of hydrogen-bond donors (Lipinski definition) is 1. The van der Waals surface area contributed by atoms with Gasteiger partial charge in [0.25, 0.3) is 0 Å². The maximum absolute atomic E-state index is 13.1. The maximum atomic E-state index is 13.1. The van der Waals surface area contributed by atoms with Crippen molar-refractivity contribution in [3.8, 4) is 0 Å². The number of nitrogens with zero attached hydrogens (tertiary/aromatic N) is 4. The van der Waals surface area contributed by atoms with E-state index in [1.54, 1.807) is 27.7 Å². The van der Waals surface area contributed by atoms with Crippen molar-refractivity contribution in [1.82, 2.24) is 19.6 Å². The summed E-state index contributed by atoms with van der Waals surface area (Å²) in [5.41, 5.74) is 2.32. The lowest BCUT2D eigenvalue weighted by molar-refractivity contribution is -0.116. The molecular weight excluding hydrogens is 392 g/mol. The summed E-state index contributed by atoms with van der Waals surface area (Å²) in [6.07, 6.45) is 1.96. The zero-order chi connectivity index (χ0) is 19.6. The number of aryl methyl sites for hydroxylation is 2. The zero-order valence-electron chi connectivity index (χ0n) is 14.8. The first-order valence-electron chi connectivity index (χ1n) is 8.30. The van der Waals surface area contributed by atoms with Crippen LogP contribution >= 0.6 is 23.2 Å². The highest BCUT2D eigenvalue weighted by molar-refractivity contribution is 6.32. The molecule has 142 valence electrons. The predicted molar refractivity (Wildman–Crippen MR) is 103 cm³/mol. The van der Waals surface area contributed by atoms with Crippen molar-refractivity contribution in [3.05, 3.63) is 63.3 Å². The largest absolute Gasteiger partial charge is 0.309 e. The van der Waals surface area contributed by atoms with Crippen LogP contribution in [0.15, 0.2) is 30.5 Å². The molecule has 0 spiro atoms. The molecule has 0 radical (unpaired) electrons. The third kappa shape index (κ3) is 4.67. The van der Waals surface area contributed by atoms with E-state index in [1.807, 2.05) is 13.8 Å². The van der Waals surface area contributed by atoms with Crippen LogP contribution in [0.1, 0.15) is 23.4 Å². The van der Waals surface area contributed by atoms with Crippen molar-refractivity contribution in [2.75, 3.05) is 5.32 Å². The van der Waals surface area contributed by atoms with Gasteiger partial charge in [0.2, 0.25) is 5.91 Å². The minimum absolute atomic E-state index is 0.177. The molecule has 27 heavy (non-hydrogen) atoms. The van der Waals surface area contributed by atoms with Crippen LogP contribution in [-0.2, 0) is 17.9 Å². The maximum Gasteiger partial charge on any atom is 0.227 e. The number of anilines is 1. The molecule has 0 unspecified atom stereocenters. The highest BCUT2D eigenvalue weighted by Gasteiger charge is 2.11. The Hall–Kier alpha value is -2.38. The number of amides is 1. The molecule has 0 saturated carbocycles. The molecule has 9 heteroatoms. The number of aromatic nitrogens is 4. The molecule has 6 nitrogen and oxygen atoms in total. The first-order valence-corrected chi connectivity index (χ1v) is 9.06. The number of carbonyl (C=O) groups is 1. The van der Waals surface area contributed by atoms with Crippen LogP contribution in [0.3, 0.4) is 0 Å². The Kier molecular flexibility index (Phi) is 5.82. The molecule has 0 aliphatic rings. The summed E-state index contributed by atoms with van der Waals surface area (Å²) >= 11 is 12.1. The molecule has 1 N–H and O–H groups in total. The normalized spacial score (nSPS) is 11.0. The fraction of sp³-hybridized carbons (Fsp3) is 0.278. The second-order valence-electron chi connectivity index (χ2n) is 6.14. The second kappa shape index (κ2) is 8.10. The second-order valence-corrected chi connectivity index (χ2v) is 6.93. The van der Waals surface area contributed by atoms with E-state index in [2.05, 4.69) is 15.5 Å². The van der Waals surface area contributed by atoms with E-state index < -0.39 is 0 Å². The number of rotatable bonds is 6. The molecular formula is C18H18Cl2FN5O. The van der Waals surface area contributed by atoms with Gasteiger partial charge in [-0.2, -0.15) is 10.2 Å². The first kappa shape index (κ1) is 19.4. The molecule has 0 bridgehead atoms. The molecule has 1 amide bonds. The topological polar surface area (TPSA) is 64.7 Å². The van der Waals surface area contributed by atoms with Crippen molar-refractivity contribution in [2.24, 2.45) is 0 Å². The lowest BCUT2D eigenvalue weighted by Gasteiger charge is -2.06. The van der Waals surface area contributed by atoms with Crippen LogP contribution in [0.5, 0.6) is 0 Å². The number of halogens is 3. The molecule has 0 aliphatic heterocycles. The van der Waals surface area contributed by atoms with Crippen molar-refractivity contribution >= 4 is 34.9 Å². The van der Waals surface area contributed by atoms with Gasteiger partial charge in [-0.05, 0) is 31.5 Å². The Bertz CT molecular complexity index is 982. The van der Waals surface area contributed by atoms with Gasteiger partial charge >= 0.3 is 0 Å². The SMILES string of the molecule is Cc1nn(CCC(=O)Nc2ccn(Cc3ccc(F)cc3Cl)n2)c(C)c1Cl. The first-order chi connectivity index (χ1) is 12.8. The summed E-state index contributed by atoms with van der Waals surface area (Å²) < 4.78 is 16.4. The third-order valence-corrected chi connectivity index (χ3v) is 5.00. The summed E-state index contributed by atoms with van der Waals surface area (Å²) in [6, 6.07) is 5.90. The highest BCUT2D eigenvalue weighted by atomic mass is 35.5. The molecule has 2 heterocycles. The van der Waals surface area contributed by atoms with Crippen molar-refractivity contribution in [3.63, 3.8) is 0 Å². The summed E-state index contributed by atoms with van der Waals surface area (Å²) in [5.74, 6) is -0.130. The monoisotopic (exact) mass is 409 g/mol. The van der Waals surface area contributed by atoms with Crippen molar-refractivity contribution in [2.45, 2.75) is 33.4 Å². The third-order valence-electron chi connectivity index (χ3n) is 4.10. The fourth-order valence-electron chi connectivity index (χ4n) is 2.65. The molecule has 3 rings (SSSR count). The van der Waals surface area contributed by atoms with E-state index in [4.69, 9.17) is 23.2 Å². The average Bonchev–Trinajstić information content (AvgIpc) is 3.15. The van der Waals surface area contributed by atoms with Crippen molar-refractivity contribution < 1.29 is 9.18 Å². The molecule has 1 aromatic carbocycles. The summed E-state index contributed by atoms with van der Waals surface area (Å²) in [4.78, 5) is 12.2. The van der Waals surface area contributed by atoms with Gasteiger partial charge in [-0.3, -0.25) is 14.2 Å². The number of carbonyl (C=O) groups excluding carboxylic acids is 1. The molecule has 0 atom stereocenters. The Morgan fingerprint density at radius 3 is 2.67 bits per heavy atom. The van der Waals surface area contributed by atoms with Crippen LogP contribution in [0, 0.1) is 19.7 Å². The van der Waals surface area contributed by atoms with Crippen LogP contribution in [-0.4, -0.2) is 25.5 Å².